The standard InChI is InChI=1S/C10H11F3N2O2/c1-2-17-7(16)4-5-3-6(8(11)12)9(13)15-10(5)14/h3,8H,2,4H2,1H3,(H2,14,15). The monoisotopic (exact) mass is 248 g/mol. The molecule has 17 heavy (non-hydrogen) atoms. The van der Waals surface area contributed by atoms with E-state index in [0.29, 0.717) is 0 Å². The normalized spacial score (nSPS) is 10.6. The van der Waals surface area contributed by atoms with Crippen LogP contribution in [0, 0.1) is 5.95 Å². The number of carbonyl (C=O) groups is 1. The van der Waals surface area contributed by atoms with E-state index < -0.39 is 23.9 Å². The van der Waals surface area contributed by atoms with Gasteiger partial charge in [0, 0.05) is 5.56 Å². The van der Waals surface area contributed by atoms with Crippen molar-refractivity contribution in [2.75, 3.05) is 12.3 Å². The second-order valence-electron chi connectivity index (χ2n) is 3.20. The first-order chi connectivity index (χ1) is 7.95. The number of pyridine rings is 1. The van der Waals surface area contributed by atoms with Crippen LogP contribution in [0.2, 0.25) is 0 Å². The first kappa shape index (κ1) is 13.3. The maximum atomic E-state index is 13.0. The predicted molar refractivity (Wildman–Crippen MR) is 53.9 cm³/mol. The van der Waals surface area contributed by atoms with E-state index in [-0.39, 0.29) is 24.4 Å². The Kier molecular flexibility index (Phi) is 4.30. The number of nitrogens with zero attached hydrogens (tertiary/aromatic N) is 1. The second kappa shape index (κ2) is 5.51. The zero-order valence-corrected chi connectivity index (χ0v) is 9.04. The number of nitrogens with two attached hydrogens (primary N) is 1. The summed E-state index contributed by atoms with van der Waals surface area (Å²) in [6.45, 7) is 1.77. The first-order valence-electron chi connectivity index (χ1n) is 4.84. The molecule has 0 aliphatic rings. The number of anilines is 1. The molecule has 1 aromatic heterocycles. The molecule has 1 rings (SSSR count). The maximum Gasteiger partial charge on any atom is 0.310 e. The SMILES string of the molecule is CCOC(=O)Cc1cc(C(F)F)c(F)nc1N. The van der Waals surface area contributed by atoms with E-state index in [0.717, 1.165) is 6.07 Å². The molecule has 0 aromatic carbocycles. The lowest BCUT2D eigenvalue weighted by atomic mass is 10.1. The largest absolute Gasteiger partial charge is 0.466 e. The Hall–Kier alpha value is -1.79. The van der Waals surface area contributed by atoms with Gasteiger partial charge in [-0.1, -0.05) is 0 Å². The van der Waals surface area contributed by atoms with Crippen molar-refractivity contribution in [3.63, 3.8) is 0 Å². The van der Waals surface area contributed by atoms with Crippen molar-refractivity contribution >= 4 is 11.8 Å². The minimum absolute atomic E-state index is 0.0279. The predicted octanol–water partition coefficient (Wildman–Crippen LogP) is 1.85. The average molecular weight is 248 g/mol. The van der Waals surface area contributed by atoms with Crippen molar-refractivity contribution in [3.05, 3.63) is 23.1 Å². The van der Waals surface area contributed by atoms with Crippen LogP contribution in [0.25, 0.3) is 0 Å². The summed E-state index contributed by atoms with van der Waals surface area (Å²) >= 11 is 0. The number of hydrogen-bond acceptors (Lipinski definition) is 4. The van der Waals surface area contributed by atoms with Crippen molar-refractivity contribution < 1.29 is 22.7 Å². The van der Waals surface area contributed by atoms with Crippen molar-refractivity contribution in [2.24, 2.45) is 0 Å². The highest BCUT2D eigenvalue weighted by Gasteiger charge is 2.19. The van der Waals surface area contributed by atoms with E-state index in [1.807, 2.05) is 0 Å². The van der Waals surface area contributed by atoms with E-state index in [4.69, 9.17) is 5.73 Å². The fourth-order valence-electron chi connectivity index (χ4n) is 1.23. The van der Waals surface area contributed by atoms with Gasteiger partial charge in [-0.2, -0.15) is 4.39 Å². The summed E-state index contributed by atoms with van der Waals surface area (Å²) < 4.78 is 42.4. The smallest absolute Gasteiger partial charge is 0.310 e. The molecule has 0 amide bonds. The summed E-state index contributed by atoms with van der Waals surface area (Å²) in [4.78, 5) is 14.3. The molecule has 0 fully saturated rings. The number of carbonyl (C=O) groups excluding carboxylic acids is 1. The lowest BCUT2D eigenvalue weighted by Gasteiger charge is -2.08. The van der Waals surface area contributed by atoms with Crippen LogP contribution in [0.1, 0.15) is 24.5 Å². The third-order valence-electron chi connectivity index (χ3n) is 1.99. The van der Waals surface area contributed by atoms with Gasteiger partial charge in [-0.25, -0.2) is 13.8 Å². The van der Waals surface area contributed by atoms with Crippen LogP contribution in [-0.2, 0) is 16.0 Å². The Bertz CT molecular complexity index is 424. The van der Waals surface area contributed by atoms with Gasteiger partial charge >= 0.3 is 5.97 Å². The van der Waals surface area contributed by atoms with E-state index in [1.54, 1.807) is 6.92 Å². The third-order valence-corrected chi connectivity index (χ3v) is 1.99. The van der Waals surface area contributed by atoms with Gasteiger partial charge in [0.25, 0.3) is 6.43 Å². The van der Waals surface area contributed by atoms with Gasteiger partial charge in [-0.05, 0) is 13.0 Å². The lowest BCUT2D eigenvalue weighted by Crippen LogP contribution is -2.12. The van der Waals surface area contributed by atoms with Gasteiger partial charge in [0.15, 0.2) is 0 Å². The highest BCUT2D eigenvalue weighted by atomic mass is 19.3. The fraction of sp³-hybridized carbons (Fsp3) is 0.400. The zero-order valence-electron chi connectivity index (χ0n) is 9.04. The van der Waals surface area contributed by atoms with E-state index in [9.17, 15) is 18.0 Å². The summed E-state index contributed by atoms with van der Waals surface area (Å²) in [6.07, 6.45) is -3.32. The Morgan fingerprint density at radius 1 is 1.59 bits per heavy atom. The fourth-order valence-corrected chi connectivity index (χ4v) is 1.23. The van der Waals surface area contributed by atoms with Crippen molar-refractivity contribution in [3.8, 4) is 0 Å². The first-order valence-corrected chi connectivity index (χ1v) is 4.84. The number of halogens is 3. The third kappa shape index (κ3) is 3.33. The van der Waals surface area contributed by atoms with Crippen LogP contribution in [0.15, 0.2) is 6.07 Å². The molecular weight excluding hydrogens is 237 g/mol. The molecule has 0 spiro atoms. The number of alkyl halides is 2. The lowest BCUT2D eigenvalue weighted by molar-refractivity contribution is -0.142. The molecule has 0 bridgehead atoms. The number of esters is 1. The number of nitrogen functional groups attached to an aromatic ring is 1. The van der Waals surface area contributed by atoms with Crippen LogP contribution in [0.4, 0.5) is 19.0 Å². The Morgan fingerprint density at radius 2 is 2.24 bits per heavy atom. The number of hydrogen-bond donors (Lipinski definition) is 1. The molecule has 0 aliphatic carbocycles. The van der Waals surface area contributed by atoms with Gasteiger partial charge < -0.3 is 10.5 Å². The molecule has 0 saturated carbocycles. The Labute approximate surface area is 95.6 Å². The van der Waals surface area contributed by atoms with Crippen molar-refractivity contribution in [1.29, 1.82) is 0 Å². The molecule has 0 saturated heterocycles. The minimum atomic E-state index is -3.01. The minimum Gasteiger partial charge on any atom is -0.466 e. The van der Waals surface area contributed by atoms with Crippen LogP contribution in [0.3, 0.4) is 0 Å². The van der Waals surface area contributed by atoms with Crippen LogP contribution >= 0.6 is 0 Å². The number of aromatic nitrogens is 1. The summed E-state index contributed by atoms with van der Waals surface area (Å²) in [5.74, 6) is -2.25. The van der Waals surface area contributed by atoms with E-state index in [2.05, 4.69) is 9.72 Å². The molecule has 1 aromatic rings. The van der Waals surface area contributed by atoms with Gasteiger partial charge in [0.05, 0.1) is 18.6 Å². The van der Waals surface area contributed by atoms with Crippen molar-refractivity contribution in [2.45, 2.75) is 19.8 Å². The molecule has 4 nitrogen and oxygen atoms in total. The molecule has 94 valence electrons. The van der Waals surface area contributed by atoms with Gasteiger partial charge in [0.2, 0.25) is 5.95 Å². The molecule has 0 atom stereocenters. The molecule has 0 aliphatic heterocycles. The van der Waals surface area contributed by atoms with Crippen molar-refractivity contribution in [1.82, 2.24) is 4.98 Å². The average Bonchev–Trinajstić information content (AvgIpc) is 2.21. The Balaban J connectivity index is 2.99. The summed E-state index contributed by atoms with van der Waals surface area (Å²) in [7, 11) is 0. The van der Waals surface area contributed by atoms with Crippen LogP contribution in [0.5, 0.6) is 0 Å². The quantitative estimate of drug-likeness (QED) is 0.652. The van der Waals surface area contributed by atoms with E-state index >= 15 is 0 Å². The van der Waals surface area contributed by atoms with Crippen LogP contribution in [-0.4, -0.2) is 17.6 Å². The van der Waals surface area contributed by atoms with Gasteiger partial charge in [-0.15, -0.1) is 0 Å². The maximum absolute atomic E-state index is 13.0. The zero-order chi connectivity index (χ0) is 13.0. The van der Waals surface area contributed by atoms with Gasteiger partial charge in [0.1, 0.15) is 5.82 Å². The number of ether oxygens (including phenoxy) is 1. The summed E-state index contributed by atoms with van der Waals surface area (Å²) in [5, 5.41) is 0. The second-order valence-corrected chi connectivity index (χ2v) is 3.20. The van der Waals surface area contributed by atoms with Gasteiger partial charge in [-0.3, -0.25) is 4.79 Å². The summed E-state index contributed by atoms with van der Waals surface area (Å²) in [6, 6.07) is 0.833. The van der Waals surface area contributed by atoms with E-state index in [1.165, 1.54) is 0 Å². The Morgan fingerprint density at radius 3 is 2.76 bits per heavy atom. The molecule has 7 heteroatoms. The highest BCUT2D eigenvalue weighted by molar-refractivity contribution is 5.74. The highest BCUT2D eigenvalue weighted by Crippen LogP contribution is 2.24. The molecule has 1 heterocycles. The number of rotatable bonds is 4. The summed E-state index contributed by atoms with van der Waals surface area (Å²) in [5.41, 5.74) is 4.48. The van der Waals surface area contributed by atoms with Crippen LogP contribution < -0.4 is 5.73 Å². The molecule has 2 N–H and O–H groups in total. The topological polar surface area (TPSA) is 65.2 Å². The molecular formula is C10H11F3N2O2. The molecule has 0 radical (unpaired) electrons. The molecule has 0 unspecified atom stereocenters.